The minimum atomic E-state index is -1.24. The number of nitrogens with one attached hydrogen (secondary N) is 1. The number of nitrogens with zero attached hydrogens (tertiary/aromatic N) is 6. The molecule has 6 heterocycles. The molecule has 4 aromatic rings. The van der Waals surface area contributed by atoms with Crippen LogP contribution in [0, 0.1) is 0 Å². The van der Waals surface area contributed by atoms with E-state index in [1.54, 1.807) is 0 Å². The van der Waals surface area contributed by atoms with Gasteiger partial charge >= 0.3 is 6.09 Å². The van der Waals surface area contributed by atoms with Gasteiger partial charge in [-0.25, -0.2) is 14.8 Å². The highest BCUT2D eigenvalue weighted by molar-refractivity contribution is 6.76. The average molecular weight is 694 g/mol. The second-order valence-electron chi connectivity index (χ2n) is 15.9. The number of fused-ring (bicyclic) bond motifs is 4. The highest BCUT2D eigenvalue weighted by atomic mass is 35.5. The van der Waals surface area contributed by atoms with Crippen LogP contribution in [0.4, 0.5) is 10.6 Å². The van der Waals surface area contributed by atoms with Gasteiger partial charge in [0.1, 0.15) is 23.7 Å². The zero-order valence-electron chi connectivity index (χ0n) is 29.0. The molecule has 0 saturated carbocycles. The Balaban J connectivity index is 1.20. The molecular weight excluding hydrogens is 646 g/mol. The molecule has 3 aliphatic rings. The van der Waals surface area contributed by atoms with E-state index in [2.05, 4.69) is 40.6 Å². The molecule has 0 unspecified atom stereocenters. The number of hydrogen-bond acceptors (Lipinski definition) is 8. The summed E-state index contributed by atoms with van der Waals surface area (Å²) in [6.07, 6.45) is 10.6. The lowest BCUT2D eigenvalue weighted by Gasteiger charge is -2.49. The molecule has 48 heavy (non-hydrogen) atoms. The van der Waals surface area contributed by atoms with Crippen LogP contribution >= 0.6 is 11.6 Å². The number of carbonyl (C=O) groups is 1. The molecule has 11 nitrogen and oxygen atoms in total. The van der Waals surface area contributed by atoms with Crippen LogP contribution in [0.25, 0.3) is 33.2 Å². The summed E-state index contributed by atoms with van der Waals surface area (Å²) in [5, 5.41) is 9.46. The van der Waals surface area contributed by atoms with E-state index in [0.29, 0.717) is 31.6 Å². The lowest BCUT2D eigenvalue weighted by molar-refractivity contribution is -0.0283. The van der Waals surface area contributed by atoms with Gasteiger partial charge in [-0.2, -0.15) is 5.10 Å². The minimum Gasteiger partial charge on any atom is -0.444 e. The Labute approximate surface area is 288 Å². The van der Waals surface area contributed by atoms with Gasteiger partial charge in [-0.15, -0.1) is 0 Å². The van der Waals surface area contributed by atoms with Crippen LogP contribution in [0.15, 0.2) is 30.7 Å². The maximum absolute atomic E-state index is 12.6. The molecule has 2 bridgehead atoms. The molecule has 13 heteroatoms. The monoisotopic (exact) mass is 693 g/mol. The summed E-state index contributed by atoms with van der Waals surface area (Å²) in [5.41, 5.74) is 3.72. The minimum absolute atomic E-state index is 0.0663. The molecule has 258 valence electrons. The lowest BCUT2D eigenvalue weighted by Crippen LogP contribution is -2.57. The molecule has 1 aromatic carbocycles. The van der Waals surface area contributed by atoms with Gasteiger partial charge < -0.3 is 29.0 Å². The molecule has 1 N–H and O–H groups in total. The Morgan fingerprint density at radius 1 is 1.08 bits per heavy atom. The number of anilines is 1. The van der Waals surface area contributed by atoms with Crippen molar-refractivity contribution < 1.29 is 19.0 Å². The van der Waals surface area contributed by atoms with Gasteiger partial charge in [-0.3, -0.25) is 4.68 Å². The van der Waals surface area contributed by atoms with Crippen molar-refractivity contribution in [2.45, 2.75) is 115 Å². The summed E-state index contributed by atoms with van der Waals surface area (Å²) in [5.74, 6) is 0.867. The second-order valence-corrected chi connectivity index (χ2v) is 21.9. The summed E-state index contributed by atoms with van der Waals surface area (Å²) < 4.78 is 21.2. The Morgan fingerprint density at radius 3 is 2.50 bits per heavy atom. The fraction of sp³-hybridized carbons (Fsp3) is 0.600. The molecule has 0 spiro atoms. The number of benzene rings is 1. The predicted octanol–water partition coefficient (Wildman–Crippen LogP) is 7.40. The summed E-state index contributed by atoms with van der Waals surface area (Å²) in [6, 6.07) is 5.98. The number of ether oxygens (including phenoxy) is 3. The first-order valence-electron chi connectivity index (χ1n) is 17.3. The van der Waals surface area contributed by atoms with Crippen molar-refractivity contribution in [2.24, 2.45) is 0 Å². The molecule has 3 aromatic heterocycles. The largest absolute Gasteiger partial charge is 0.444 e. The molecule has 3 fully saturated rings. The summed E-state index contributed by atoms with van der Waals surface area (Å²) in [6.45, 7) is 15.2. The zero-order chi connectivity index (χ0) is 33.8. The van der Waals surface area contributed by atoms with Crippen LogP contribution in [0.3, 0.4) is 0 Å². The Kier molecular flexibility index (Phi) is 8.97. The first-order chi connectivity index (χ1) is 22.8. The quantitative estimate of drug-likeness (QED) is 0.143. The summed E-state index contributed by atoms with van der Waals surface area (Å²) in [7, 11) is -1.24. The third-order valence-corrected chi connectivity index (χ3v) is 11.8. The normalized spacial score (nSPS) is 21.9. The van der Waals surface area contributed by atoms with Crippen molar-refractivity contribution in [1.29, 1.82) is 0 Å². The number of rotatable bonds is 9. The lowest BCUT2D eigenvalue weighted by atomic mass is 9.82. The van der Waals surface area contributed by atoms with E-state index >= 15 is 0 Å². The maximum atomic E-state index is 12.6. The van der Waals surface area contributed by atoms with Crippen LogP contribution in [-0.2, 0) is 20.9 Å². The first kappa shape index (κ1) is 33.3. The molecule has 3 atom stereocenters. The highest BCUT2D eigenvalue weighted by Crippen LogP contribution is 2.41. The maximum Gasteiger partial charge on any atom is 0.407 e. The van der Waals surface area contributed by atoms with E-state index in [0.717, 1.165) is 77.2 Å². The number of halogens is 1. The predicted molar refractivity (Wildman–Crippen MR) is 192 cm³/mol. The molecule has 1 amide bonds. The number of hydrogen-bond donors (Lipinski definition) is 1. The van der Waals surface area contributed by atoms with Gasteiger partial charge in [-0.05, 0) is 65.0 Å². The number of carbonyl (C=O) groups excluding carboxylic acids is 1. The SMILES string of the molecule is CC(C)(C)OC(=O)N[C@H]1C[C@H]2CCC[C@@H](C1)N2c1cnc2c(-c3ccc4nn(C5COC5)cc4c3Cl)cn(COCC[Si](C)(C)C)c2n1. The van der Waals surface area contributed by atoms with E-state index in [1.165, 1.54) is 0 Å². The van der Waals surface area contributed by atoms with Crippen LogP contribution in [0.2, 0.25) is 30.7 Å². The fourth-order valence-corrected chi connectivity index (χ4v) is 8.26. The summed E-state index contributed by atoms with van der Waals surface area (Å²) in [4.78, 5) is 25.4. The van der Waals surface area contributed by atoms with Crippen molar-refractivity contribution in [3.05, 3.63) is 35.7 Å². The van der Waals surface area contributed by atoms with Gasteiger partial charge in [0.2, 0.25) is 0 Å². The number of amides is 1. The third kappa shape index (κ3) is 6.94. The van der Waals surface area contributed by atoms with Crippen molar-refractivity contribution in [3.8, 4) is 11.1 Å². The van der Waals surface area contributed by atoms with Gasteiger partial charge in [0.25, 0.3) is 0 Å². The van der Waals surface area contributed by atoms with Crippen LogP contribution in [-0.4, -0.2) is 82.0 Å². The fourth-order valence-electron chi connectivity index (χ4n) is 7.20. The van der Waals surface area contributed by atoms with Crippen LogP contribution in [0.5, 0.6) is 0 Å². The van der Waals surface area contributed by atoms with Gasteiger partial charge in [0.05, 0.1) is 36.0 Å². The van der Waals surface area contributed by atoms with E-state index in [-0.39, 0.29) is 30.3 Å². The first-order valence-corrected chi connectivity index (χ1v) is 21.4. The molecule has 7 rings (SSSR count). The highest BCUT2D eigenvalue weighted by Gasteiger charge is 2.40. The third-order valence-electron chi connectivity index (χ3n) is 9.67. The molecular formula is C35H48ClN7O4Si. The molecule has 3 aliphatic heterocycles. The Morgan fingerprint density at radius 2 is 1.83 bits per heavy atom. The van der Waals surface area contributed by atoms with E-state index in [9.17, 15) is 4.79 Å². The van der Waals surface area contributed by atoms with E-state index < -0.39 is 13.7 Å². The molecule has 0 radical (unpaired) electrons. The van der Waals surface area contributed by atoms with E-state index in [1.807, 2.05) is 50.0 Å². The average Bonchev–Trinajstić information content (AvgIpc) is 3.54. The van der Waals surface area contributed by atoms with Crippen molar-refractivity contribution in [3.63, 3.8) is 0 Å². The van der Waals surface area contributed by atoms with Crippen molar-refractivity contribution in [2.75, 3.05) is 24.7 Å². The van der Waals surface area contributed by atoms with Crippen molar-refractivity contribution >= 4 is 53.7 Å². The number of piperidine rings is 2. The zero-order valence-corrected chi connectivity index (χ0v) is 30.7. The Bertz CT molecular complexity index is 1790. The number of alkyl carbamates (subject to hydrolysis) is 1. The molecule has 3 saturated heterocycles. The van der Waals surface area contributed by atoms with E-state index in [4.69, 9.17) is 40.9 Å². The van der Waals surface area contributed by atoms with Gasteiger partial charge in [0.15, 0.2) is 5.65 Å². The van der Waals surface area contributed by atoms with Crippen LogP contribution in [0.1, 0.15) is 58.9 Å². The topological polar surface area (TPSA) is 109 Å². The van der Waals surface area contributed by atoms with Gasteiger partial charge in [-0.1, -0.05) is 37.3 Å². The standard InChI is InChI=1S/C35H48ClN7O4Si/c1-35(2,3)47-34(44)38-22-14-23-8-7-9-24(15-22)43(23)30-16-37-32-27(17-41(33(32)39-30)21-45-12-13-48(4,5)6)26-10-11-29-28(31(26)36)18-42(40-29)25-19-46-20-25/h10-11,16-18,22-25H,7-9,12-15,19-21H2,1-6H3,(H,38,44)/t22-,23+,24-. The van der Waals surface area contributed by atoms with Crippen molar-refractivity contribution in [1.82, 2.24) is 29.6 Å². The molecule has 0 aliphatic carbocycles. The Hall–Kier alpha value is -3.19. The summed E-state index contributed by atoms with van der Waals surface area (Å²) >= 11 is 7.13. The second kappa shape index (κ2) is 12.9. The number of aromatic nitrogens is 5. The van der Waals surface area contributed by atoms with Crippen LogP contribution < -0.4 is 10.2 Å². The van der Waals surface area contributed by atoms with Gasteiger partial charge in [0, 0.05) is 61.7 Å². The smallest absolute Gasteiger partial charge is 0.407 e.